The van der Waals surface area contributed by atoms with E-state index >= 15 is 0 Å². The Balaban J connectivity index is 1.77. The molecule has 1 aliphatic rings. The number of hydrogen-bond acceptors (Lipinski definition) is 4. The molecule has 0 bridgehead atoms. The van der Waals surface area contributed by atoms with Gasteiger partial charge in [0.05, 0.1) is 12.6 Å². The van der Waals surface area contributed by atoms with Crippen LogP contribution in [0.15, 0.2) is 35.7 Å². The largest absolute Gasteiger partial charge is 0.491 e. The van der Waals surface area contributed by atoms with Gasteiger partial charge in [-0.15, -0.1) is 11.3 Å². The Morgan fingerprint density at radius 1 is 1.31 bits per heavy atom. The highest BCUT2D eigenvalue weighted by Crippen LogP contribution is 2.34. The standard InChI is InChI=1S/C22H27FN2O3S/c1-4-15(2)25(16(3)26)13-22(27)24-11-9-21-19(10-12-29-21)20(24)14-28-18-7-5-17(23)6-8-18/h5-8,10,12,15,20H,4,9,11,13-14H2,1-3H3/t15-,20+/m1/s1. The molecule has 0 saturated carbocycles. The molecule has 2 aromatic rings. The lowest BCUT2D eigenvalue weighted by Crippen LogP contribution is -2.49. The van der Waals surface area contributed by atoms with Crippen molar-refractivity contribution in [3.63, 3.8) is 0 Å². The monoisotopic (exact) mass is 418 g/mol. The average Bonchev–Trinajstić information content (AvgIpc) is 3.19. The predicted molar refractivity (Wildman–Crippen MR) is 112 cm³/mol. The highest BCUT2D eigenvalue weighted by atomic mass is 32.1. The van der Waals surface area contributed by atoms with Crippen molar-refractivity contribution >= 4 is 23.2 Å². The Morgan fingerprint density at radius 3 is 2.69 bits per heavy atom. The summed E-state index contributed by atoms with van der Waals surface area (Å²) in [6.07, 6.45) is 1.59. The molecule has 2 heterocycles. The van der Waals surface area contributed by atoms with Crippen LogP contribution in [0, 0.1) is 5.82 Å². The number of amides is 2. The molecule has 0 radical (unpaired) electrons. The van der Waals surface area contributed by atoms with E-state index in [-0.39, 0.29) is 42.9 Å². The molecule has 1 aliphatic heterocycles. The van der Waals surface area contributed by atoms with Crippen molar-refractivity contribution < 1.29 is 18.7 Å². The number of thiophene rings is 1. The summed E-state index contributed by atoms with van der Waals surface area (Å²) in [5.41, 5.74) is 1.09. The van der Waals surface area contributed by atoms with Crippen molar-refractivity contribution in [2.45, 2.75) is 45.7 Å². The van der Waals surface area contributed by atoms with Crippen LogP contribution in [0.3, 0.4) is 0 Å². The van der Waals surface area contributed by atoms with Crippen LogP contribution in [0.4, 0.5) is 4.39 Å². The molecular formula is C22H27FN2O3S. The molecule has 0 spiro atoms. The van der Waals surface area contributed by atoms with Gasteiger partial charge in [0.25, 0.3) is 0 Å². The minimum absolute atomic E-state index is 0.00636. The molecule has 156 valence electrons. The molecule has 1 aromatic carbocycles. The minimum Gasteiger partial charge on any atom is -0.491 e. The van der Waals surface area contributed by atoms with E-state index in [0.29, 0.717) is 12.3 Å². The van der Waals surface area contributed by atoms with Crippen LogP contribution in [0.1, 0.15) is 43.7 Å². The van der Waals surface area contributed by atoms with E-state index in [4.69, 9.17) is 4.74 Å². The van der Waals surface area contributed by atoms with Gasteiger partial charge in [-0.2, -0.15) is 0 Å². The molecule has 2 amide bonds. The number of fused-ring (bicyclic) bond motifs is 1. The number of benzene rings is 1. The van der Waals surface area contributed by atoms with Gasteiger partial charge < -0.3 is 14.5 Å². The first-order valence-corrected chi connectivity index (χ1v) is 10.8. The second-order valence-electron chi connectivity index (χ2n) is 7.32. The normalized spacial score (nSPS) is 16.8. The van der Waals surface area contributed by atoms with Gasteiger partial charge in [0.2, 0.25) is 11.8 Å². The molecule has 0 N–H and O–H groups in total. The van der Waals surface area contributed by atoms with E-state index in [1.165, 1.54) is 23.9 Å². The molecule has 0 aliphatic carbocycles. The second kappa shape index (κ2) is 9.39. The predicted octanol–water partition coefficient (Wildman–Crippen LogP) is 4.04. The summed E-state index contributed by atoms with van der Waals surface area (Å²) in [7, 11) is 0. The molecule has 29 heavy (non-hydrogen) atoms. The number of nitrogens with zero attached hydrogens (tertiary/aromatic N) is 2. The number of ether oxygens (including phenoxy) is 1. The average molecular weight is 419 g/mol. The molecule has 0 saturated heterocycles. The van der Waals surface area contributed by atoms with Gasteiger partial charge in [0.1, 0.15) is 18.2 Å². The van der Waals surface area contributed by atoms with Gasteiger partial charge in [-0.05, 0) is 61.0 Å². The molecule has 1 aromatic heterocycles. The Kier molecular flexibility index (Phi) is 6.90. The maximum absolute atomic E-state index is 13.2. The van der Waals surface area contributed by atoms with Gasteiger partial charge in [-0.3, -0.25) is 9.59 Å². The molecule has 2 atom stereocenters. The van der Waals surface area contributed by atoms with Crippen molar-refractivity contribution in [1.82, 2.24) is 9.80 Å². The zero-order chi connectivity index (χ0) is 21.0. The highest BCUT2D eigenvalue weighted by Gasteiger charge is 2.33. The fourth-order valence-electron chi connectivity index (χ4n) is 3.62. The van der Waals surface area contributed by atoms with Crippen LogP contribution < -0.4 is 4.74 Å². The summed E-state index contributed by atoms with van der Waals surface area (Å²) >= 11 is 1.69. The van der Waals surface area contributed by atoms with Crippen molar-refractivity contribution in [1.29, 1.82) is 0 Å². The van der Waals surface area contributed by atoms with Crippen molar-refractivity contribution in [3.05, 3.63) is 52.0 Å². The van der Waals surface area contributed by atoms with E-state index < -0.39 is 0 Å². The van der Waals surface area contributed by atoms with Gasteiger partial charge in [-0.1, -0.05) is 6.92 Å². The molecular weight excluding hydrogens is 391 g/mol. The van der Waals surface area contributed by atoms with E-state index in [0.717, 1.165) is 18.4 Å². The zero-order valence-corrected chi connectivity index (χ0v) is 17.9. The second-order valence-corrected chi connectivity index (χ2v) is 8.32. The SMILES string of the molecule is CC[C@@H](C)N(CC(=O)N1CCc2sccc2[C@@H]1COc1ccc(F)cc1)C(C)=O. The summed E-state index contributed by atoms with van der Waals surface area (Å²) in [4.78, 5) is 29.9. The molecule has 0 unspecified atom stereocenters. The number of carbonyl (C=O) groups is 2. The minimum atomic E-state index is -0.318. The third-order valence-corrected chi connectivity index (χ3v) is 6.47. The van der Waals surface area contributed by atoms with E-state index in [1.807, 2.05) is 30.2 Å². The quantitative estimate of drug-likeness (QED) is 0.682. The summed E-state index contributed by atoms with van der Waals surface area (Å²) in [5, 5.41) is 2.03. The lowest BCUT2D eigenvalue weighted by atomic mass is 10.00. The molecule has 0 fully saturated rings. The topological polar surface area (TPSA) is 49.9 Å². The lowest BCUT2D eigenvalue weighted by Gasteiger charge is -2.37. The Bertz CT molecular complexity index is 852. The molecule has 3 rings (SSSR count). The lowest BCUT2D eigenvalue weighted by molar-refractivity contribution is -0.143. The molecule has 5 nitrogen and oxygen atoms in total. The first-order valence-electron chi connectivity index (χ1n) is 9.92. The summed E-state index contributed by atoms with van der Waals surface area (Å²) in [6, 6.07) is 7.69. The van der Waals surface area contributed by atoms with Crippen LogP contribution >= 0.6 is 11.3 Å². The van der Waals surface area contributed by atoms with Crippen LogP contribution in [-0.4, -0.2) is 47.4 Å². The van der Waals surface area contributed by atoms with Gasteiger partial charge in [0, 0.05) is 24.4 Å². The van der Waals surface area contributed by atoms with E-state index in [9.17, 15) is 14.0 Å². The Morgan fingerprint density at radius 2 is 2.03 bits per heavy atom. The van der Waals surface area contributed by atoms with Crippen LogP contribution in [0.5, 0.6) is 5.75 Å². The van der Waals surface area contributed by atoms with Crippen molar-refractivity contribution in [2.24, 2.45) is 0 Å². The number of halogens is 1. The van der Waals surface area contributed by atoms with Gasteiger partial charge in [-0.25, -0.2) is 4.39 Å². The third kappa shape index (κ3) is 4.96. The van der Waals surface area contributed by atoms with Crippen molar-refractivity contribution in [3.8, 4) is 5.75 Å². The Hall–Kier alpha value is -2.41. The molecule has 7 heteroatoms. The van der Waals surface area contributed by atoms with E-state index in [2.05, 4.69) is 0 Å². The van der Waals surface area contributed by atoms with Crippen LogP contribution in [0.25, 0.3) is 0 Å². The van der Waals surface area contributed by atoms with Crippen LogP contribution in [-0.2, 0) is 16.0 Å². The third-order valence-electron chi connectivity index (χ3n) is 5.47. The van der Waals surface area contributed by atoms with Gasteiger partial charge >= 0.3 is 0 Å². The maximum Gasteiger partial charge on any atom is 0.242 e. The highest BCUT2D eigenvalue weighted by molar-refractivity contribution is 7.10. The maximum atomic E-state index is 13.2. The van der Waals surface area contributed by atoms with Gasteiger partial charge in [0.15, 0.2) is 0 Å². The number of hydrogen-bond donors (Lipinski definition) is 0. The summed E-state index contributed by atoms with van der Waals surface area (Å²) in [6.45, 7) is 6.40. The number of carbonyl (C=O) groups excluding carboxylic acids is 2. The zero-order valence-electron chi connectivity index (χ0n) is 17.1. The Labute approximate surface area is 175 Å². The van der Waals surface area contributed by atoms with Crippen molar-refractivity contribution in [2.75, 3.05) is 19.7 Å². The smallest absolute Gasteiger partial charge is 0.242 e. The van der Waals surface area contributed by atoms with E-state index in [1.54, 1.807) is 28.4 Å². The first-order chi connectivity index (χ1) is 13.9. The fraction of sp³-hybridized carbons (Fsp3) is 0.455. The number of rotatable bonds is 7. The fourth-order valence-corrected chi connectivity index (χ4v) is 4.54. The summed E-state index contributed by atoms with van der Waals surface area (Å²) in [5.74, 6) is 0.0672. The first kappa shape index (κ1) is 21.3. The van der Waals surface area contributed by atoms with Crippen LogP contribution in [0.2, 0.25) is 0 Å². The summed E-state index contributed by atoms with van der Waals surface area (Å²) < 4.78 is 19.0.